The molecule has 1 saturated carbocycles. The lowest BCUT2D eigenvalue weighted by molar-refractivity contribution is 0.299. The van der Waals surface area contributed by atoms with Gasteiger partial charge in [-0.05, 0) is 50.2 Å². The summed E-state index contributed by atoms with van der Waals surface area (Å²) >= 11 is 0. The van der Waals surface area contributed by atoms with Gasteiger partial charge in [-0.25, -0.2) is 9.97 Å². The van der Waals surface area contributed by atoms with E-state index in [-0.39, 0.29) is 0 Å². The molecule has 0 aromatic carbocycles. The number of hydrogen-bond acceptors (Lipinski definition) is 4. The lowest BCUT2D eigenvalue weighted by atomic mass is 9.78. The molecule has 0 unspecified atom stereocenters. The normalized spacial score (nSPS) is 18.4. The minimum absolute atomic E-state index is 0.615. The predicted molar refractivity (Wildman–Crippen MR) is 138 cm³/mol. The van der Waals surface area contributed by atoms with Gasteiger partial charge in [0.25, 0.3) is 0 Å². The predicted octanol–water partition coefficient (Wildman–Crippen LogP) is 8.52. The number of unbranched alkanes of at least 4 members (excludes halogenated alkanes) is 8. The monoisotopic (exact) mass is 451 g/mol. The summed E-state index contributed by atoms with van der Waals surface area (Å²) in [5, 5.41) is 0. The third-order valence-corrected chi connectivity index (χ3v) is 7.17. The van der Waals surface area contributed by atoms with Crippen molar-refractivity contribution in [2.75, 3.05) is 6.61 Å². The summed E-state index contributed by atoms with van der Waals surface area (Å²) in [4.78, 5) is 13.8. The highest BCUT2D eigenvalue weighted by Gasteiger charge is 2.23. The van der Waals surface area contributed by atoms with E-state index >= 15 is 0 Å². The van der Waals surface area contributed by atoms with Gasteiger partial charge < -0.3 is 4.74 Å². The van der Waals surface area contributed by atoms with Gasteiger partial charge in [-0.3, -0.25) is 4.98 Å². The second-order valence-electron chi connectivity index (χ2n) is 9.90. The quantitative estimate of drug-likeness (QED) is 0.255. The van der Waals surface area contributed by atoms with Crippen LogP contribution in [0.2, 0.25) is 0 Å². The highest BCUT2D eigenvalue weighted by molar-refractivity contribution is 5.53. The summed E-state index contributed by atoms with van der Waals surface area (Å²) in [5.74, 6) is 3.03. The molecule has 2 heterocycles. The molecule has 2 aromatic rings. The van der Waals surface area contributed by atoms with Gasteiger partial charge in [0, 0.05) is 23.4 Å². The standard InChI is InChI=1S/C29H45N3O/c1-3-5-7-9-10-12-20-33-27-22-31-29(32-23-27)26-18-19-28(30-21-26)25-16-14-24(15-17-25)13-11-8-6-4-2/h18-19,21-25H,3-17,20H2,1-2H3. The van der Waals surface area contributed by atoms with Crippen molar-refractivity contribution in [2.45, 2.75) is 116 Å². The fraction of sp³-hybridized carbons (Fsp3) is 0.690. The van der Waals surface area contributed by atoms with E-state index in [2.05, 4.69) is 35.9 Å². The molecule has 0 N–H and O–H groups in total. The summed E-state index contributed by atoms with van der Waals surface area (Å²) in [6, 6.07) is 4.32. The van der Waals surface area contributed by atoms with Crippen LogP contribution in [0.4, 0.5) is 0 Å². The minimum atomic E-state index is 0.615. The number of pyridine rings is 1. The molecule has 0 saturated heterocycles. The molecule has 1 fully saturated rings. The minimum Gasteiger partial charge on any atom is -0.490 e. The summed E-state index contributed by atoms with van der Waals surface area (Å²) in [6.07, 6.45) is 25.4. The zero-order valence-electron chi connectivity index (χ0n) is 21.1. The molecule has 0 atom stereocenters. The van der Waals surface area contributed by atoms with Crippen LogP contribution < -0.4 is 4.74 Å². The fourth-order valence-corrected chi connectivity index (χ4v) is 5.00. The highest BCUT2D eigenvalue weighted by Crippen LogP contribution is 2.37. The van der Waals surface area contributed by atoms with E-state index < -0.39 is 0 Å². The average Bonchev–Trinajstić information content (AvgIpc) is 2.87. The van der Waals surface area contributed by atoms with Crippen LogP contribution in [0, 0.1) is 5.92 Å². The Bertz CT molecular complexity index is 751. The molecule has 0 amide bonds. The van der Waals surface area contributed by atoms with Gasteiger partial charge >= 0.3 is 0 Å². The van der Waals surface area contributed by atoms with Crippen LogP contribution in [0.25, 0.3) is 11.4 Å². The Morgan fingerprint density at radius 1 is 0.727 bits per heavy atom. The molecule has 4 nitrogen and oxygen atoms in total. The van der Waals surface area contributed by atoms with Crippen molar-refractivity contribution < 1.29 is 4.74 Å². The first kappa shape index (κ1) is 25.6. The second-order valence-corrected chi connectivity index (χ2v) is 9.90. The Balaban J connectivity index is 1.39. The first-order chi connectivity index (χ1) is 16.3. The smallest absolute Gasteiger partial charge is 0.160 e. The van der Waals surface area contributed by atoms with Gasteiger partial charge in [0.05, 0.1) is 19.0 Å². The van der Waals surface area contributed by atoms with Crippen LogP contribution in [0.15, 0.2) is 30.7 Å². The van der Waals surface area contributed by atoms with Crippen molar-refractivity contribution in [1.82, 2.24) is 15.0 Å². The first-order valence-corrected chi connectivity index (χ1v) is 13.7. The lowest BCUT2D eigenvalue weighted by Gasteiger charge is -2.28. The molecule has 2 aromatic heterocycles. The maximum absolute atomic E-state index is 5.81. The fourth-order valence-electron chi connectivity index (χ4n) is 5.00. The summed E-state index contributed by atoms with van der Waals surface area (Å²) in [7, 11) is 0. The number of aromatic nitrogens is 3. The SMILES string of the molecule is CCCCCCCCOc1cnc(-c2ccc(C3CCC(CCCCCC)CC3)nc2)nc1. The molecule has 3 rings (SSSR count). The number of ether oxygens (including phenoxy) is 1. The molecule has 1 aliphatic rings. The zero-order chi connectivity index (χ0) is 23.1. The van der Waals surface area contributed by atoms with Gasteiger partial charge in [-0.2, -0.15) is 0 Å². The molecule has 0 aliphatic heterocycles. The van der Waals surface area contributed by atoms with E-state index in [4.69, 9.17) is 9.72 Å². The summed E-state index contributed by atoms with van der Waals surface area (Å²) in [6.45, 7) is 5.28. The molecular formula is C29H45N3O. The number of nitrogens with zero attached hydrogens (tertiary/aromatic N) is 3. The van der Waals surface area contributed by atoms with Gasteiger partial charge in [-0.1, -0.05) is 78.1 Å². The van der Waals surface area contributed by atoms with Crippen molar-refractivity contribution >= 4 is 0 Å². The van der Waals surface area contributed by atoms with E-state index in [1.807, 2.05) is 6.20 Å². The Labute approximate surface area is 202 Å². The van der Waals surface area contributed by atoms with Crippen molar-refractivity contribution in [2.24, 2.45) is 5.92 Å². The lowest BCUT2D eigenvalue weighted by Crippen LogP contribution is -2.14. The van der Waals surface area contributed by atoms with E-state index in [9.17, 15) is 0 Å². The molecule has 182 valence electrons. The van der Waals surface area contributed by atoms with Crippen LogP contribution in [0.3, 0.4) is 0 Å². The molecule has 0 bridgehead atoms. The van der Waals surface area contributed by atoms with Crippen LogP contribution in [-0.2, 0) is 0 Å². The maximum atomic E-state index is 5.81. The van der Waals surface area contributed by atoms with Gasteiger partial charge in [0.1, 0.15) is 0 Å². The van der Waals surface area contributed by atoms with Gasteiger partial charge in [-0.15, -0.1) is 0 Å². The molecular weight excluding hydrogens is 406 g/mol. The first-order valence-electron chi connectivity index (χ1n) is 13.7. The van der Waals surface area contributed by atoms with Crippen LogP contribution in [-0.4, -0.2) is 21.6 Å². The third kappa shape index (κ3) is 9.06. The number of rotatable bonds is 15. The van der Waals surface area contributed by atoms with Crippen molar-refractivity contribution in [1.29, 1.82) is 0 Å². The molecule has 0 radical (unpaired) electrons. The largest absolute Gasteiger partial charge is 0.490 e. The van der Waals surface area contributed by atoms with Crippen LogP contribution >= 0.6 is 0 Å². The van der Waals surface area contributed by atoms with Crippen molar-refractivity contribution in [3.63, 3.8) is 0 Å². The molecule has 4 heteroatoms. The Morgan fingerprint density at radius 3 is 2.06 bits per heavy atom. The van der Waals surface area contributed by atoms with Crippen molar-refractivity contribution in [3.8, 4) is 17.1 Å². The molecule has 0 spiro atoms. The Morgan fingerprint density at radius 2 is 1.39 bits per heavy atom. The van der Waals surface area contributed by atoms with Crippen LogP contribution in [0.1, 0.15) is 122 Å². The second kappa shape index (κ2) is 15.0. The maximum Gasteiger partial charge on any atom is 0.160 e. The van der Waals surface area contributed by atoms with E-state index in [1.165, 1.54) is 95.6 Å². The number of hydrogen-bond donors (Lipinski definition) is 0. The third-order valence-electron chi connectivity index (χ3n) is 7.17. The van der Waals surface area contributed by atoms with Gasteiger partial charge in [0.15, 0.2) is 11.6 Å². The Hall–Kier alpha value is -1.97. The van der Waals surface area contributed by atoms with E-state index in [0.717, 1.165) is 36.1 Å². The van der Waals surface area contributed by atoms with E-state index in [0.29, 0.717) is 5.92 Å². The zero-order valence-corrected chi connectivity index (χ0v) is 21.1. The highest BCUT2D eigenvalue weighted by atomic mass is 16.5. The molecule has 1 aliphatic carbocycles. The average molecular weight is 452 g/mol. The van der Waals surface area contributed by atoms with Gasteiger partial charge in [0.2, 0.25) is 0 Å². The van der Waals surface area contributed by atoms with Crippen molar-refractivity contribution in [3.05, 3.63) is 36.4 Å². The summed E-state index contributed by atoms with van der Waals surface area (Å²) in [5.41, 5.74) is 2.22. The van der Waals surface area contributed by atoms with Crippen LogP contribution in [0.5, 0.6) is 5.75 Å². The molecule has 33 heavy (non-hydrogen) atoms. The topological polar surface area (TPSA) is 47.9 Å². The Kier molecular flexibility index (Phi) is 11.7. The summed E-state index contributed by atoms with van der Waals surface area (Å²) < 4.78 is 5.81. The van der Waals surface area contributed by atoms with E-state index in [1.54, 1.807) is 12.4 Å².